The Morgan fingerprint density at radius 1 is 0.933 bits per heavy atom. The average Bonchev–Trinajstić information content (AvgIpc) is 2.16. The molecule has 0 aliphatic rings. The molecule has 0 N–H and O–H groups in total. The van der Waals surface area contributed by atoms with E-state index in [0.29, 0.717) is 17.2 Å². The Morgan fingerprint density at radius 2 is 1.33 bits per heavy atom. The van der Waals surface area contributed by atoms with Gasteiger partial charge in [-0.1, -0.05) is 0 Å². The molecule has 0 spiro atoms. The molecule has 0 aliphatic heterocycles. The predicted molar refractivity (Wildman–Crippen MR) is 50.6 cm³/mol. The topological polar surface area (TPSA) is 27.7 Å². The zero-order valence-electron chi connectivity index (χ0n) is 9.17. The third-order valence-electron chi connectivity index (χ3n) is 1.72. The summed E-state index contributed by atoms with van der Waals surface area (Å²) in [6.45, 7) is 3.80. The van der Waals surface area contributed by atoms with Gasteiger partial charge in [-0.15, -0.1) is 12.1 Å². The third kappa shape index (κ3) is 3.80. The second-order valence-electron chi connectivity index (χ2n) is 2.53. The van der Waals surface area contributed by atoms with Crippen LogP contribution in [0.25, 0.3) is 0 Å². The van der Waals surface area contributed by atoms with Gasteiger partial charge in [0.25, 0.3) is 0 Å². The molecule has 0 unspecified atom stereocenters. The first kappa shape index (κ1) is 16.8. The van der Waals surface area contributed by atoms with Gasteiger partial charge in [0.05, 0.1) is 21.3 Å². The quantitative estimate of drug-likeness (QED) is 0.520. The van der Waals surface area contributed by atoms with Crippen molar-refractivity contribution in [2.45, 2.75) is 0 Å². The third-order valence-corrected chi connectivity index (χ3v) is 1.72. The fraction of sp³-hybridized carbons (Fsp3) is 0.300. The van der Waals surface area contributed by atoms with E-state index in [2.05, 4.69) is 6.92 Å². The maximum Gasteiger partial charge on any atom is 2.00 e. The molecule has 1 aromatic rings. The van der Waals surface area contributed by atoms with Gasteiger partial charge in [0.1, 0.15) is 11.5 Å². The van der Waals surface area contributed by atoms with Gasteiger partial charge in [0.15, 0.2) is 5.75 Å². The van der Waals surface area contributed by atoms with Crippen LogP contribution >= 0.6 is 0 Å². The van der Waals surface area contributed by atoms with E-state index in [1.165, 1.54) is 0 Å². The first-order valence-corrected chi connectivity index (χ1v) is 3.85. The summed E-state index contributed by atoms with van der Waals surface area (Å²) in [6.07, 6.45) is 0. The molecule has 0 bridgehead atoms. The normalized spacial score (nSPS) is 8.20. The Balaban J connectivity index is 0. The molecule has 0 atom stereocenters. The van der Waals surface area contributed by atoms with E-state index in [1.807, 2.05) is 0 Å². The molecule has 0 fully saturated rings. The van der Waals surface area contributed by atoms with Crippen molar-refractivity contribution in [3.05, 3.63) is 24.6 Å². The van der Waals surface area contributed by atoms with Crippen molar-refractivity contribution >= 4 is 0 Å². The monoisotopic (exact) mass is 280 g/mol. The molecule has 0 amide bonds. The van der Waals surface area contributed by atoms with Crippen LogP contribution in [0.15, 0.2) is 12.1 Å². The molecule has 0 aromatic heterocycles. The second-order valence-corrected chi connectivity index (χ2v) is 2.53. The van der Waals surface area contributed by atoms with Crippen LogP contribution in [0.5, 0.6) is 17.2 Å². The van der Waals surface area contributed by atoms with Gasteiger partial charge in [0, 0.05) is 0 Å². The molecule has 0 aliphatic carbocycles. The number of rotatable bonds is 3. The van der Waals surface area contributed by atoms with E-state index in [1.54, 1.807) is 33.5 Å². The Bertz CT molecular complexity index is 280. The van der Waals surface area contributed by atoms with Crippen LogP contribution in [0.1, 0.15) is 5.56 Å². The number of benzene rings is 1. The Kier molecular flexibility index (Phi) is 8.59. The van der Waals surface area contributed by atoms with E-state index in [4.69, 9.17) is 14.2 Å². The van der Waals surface area contributed by atoms with Gasteiger partial charge >= 0.3 is 19.5 Å². The van der Waals surface area contributed by atoms with E-state index >= 15 is 0 Å². The number of halogens is 1. The fourth-order valence-corrected chi connectivity index (χ4v) is 1.14. The number of ether oxygens (including phenoxy) is 3. The Morgan fingerprint density at radius 3 is 1.60 bits per heavy atom. The summed E-state index contributed by atoms with van der Waals surface area (Å²) < 4.78 is 15.4. The average molecular weight is 282 g/mol. The molecular weight excluding hydrogens is 269 g/mol. The number of hydrogen-bond donors (Lipinski definition) is 0. The molecule has 15 heavy (non-hydrogen) atoms. The van der Waals surface area contributed by atoms with Gasteiger partial charge < -0.3 is 26.6 Å². The van der Waals surface area contributed by atoms with Crippen LogP contribution in [0, 0.1) is 6.92 Å². The summed E-state index contributed by atoms with van der Waals surface area (Å²) in [4.78, 5) is 0. The van der Waals surface area contributed by atoms with Crippen molar-refractivity contribution in [2.24, 2.45) is 0 Å². The van der Waals surface area contributed by atoms with Crippen molar-refractivity contribution in [2.75, 3.05) is 21.3 Å². The first-order chi connectivity index (χ1) is 6.22. The molecule has 5 heteroatoms. The molecule has 1 aromatic carbocycles. The maximum atomic E-state index is 5.14. The van der Waals surface area contributed by atoms with E-state index in [0.717, 1.165) is 5.56 Å². The summed E-state index contributed by atoms with van der Waals surface area (Å²) in [7, 11) is 4.73. The molecule has 0 saturated carbocycles. The molecule has 0 radical (unpaired) electrons. The Hall–Kier alpha value is -0.597. The van der Waals surface area contributed by atoms with Crippen molar-refractivity contribution in [1.82, 2.24) is 0 Å². The standard InChI is InChI=1S/C10H13O3.ClH.Zn/c1-7-5-8(11-2)10(13-4)9(6-7)12-3;;/h5-6H,1H2,2-4H3;1H;/q-1;;+2/p-1. The molecule has 3 nitrogen and oxygen atoms in total. The largest absolute Gasteiger partial charge is 2.00 e. The van der Waals surface area contributed by atoms with Gasteiger partial charge in [-0.05, 0) is 0 Å². The van der Waals surface area contributed by atoms with Crippen molar-refractivity contribution < 1.29 is 46.1 Å². The van der Waals surface area contributed by atoms with E-state index < -0.39 is 0 Å². The SMILES string of the molecule is [CH2-]c1cc(OC)c(OC)c(OC)c1.[Cl-].[Zn+2]. The predicted octanol–water partition coefficient (Wildman–Crippen LogP) is -1.10. The minimum atomic E-state index is 0. The van der Waals surface area contributed by atoms with Crippen molar-refractivity contribution in [1.29, 1.82) is 0 Å². The fourth-order valence-electron chi connectivity index (χ4n) is 1.14. The molecule has 0 saturated heterocycles. The minimum Gasteiger partial charge on any atom is -1.00 e. The smallest absolute Gasteiger partial charge is 1.00 e. The number of methoxy groups -OCH3 is 3. The first-order valence-electron chi connectivity index (χ1n) is 3.85. The molecular formula is C10H13ClO3Zn. The summed E-state index contributed by atoms with van der Waals surface area (Å²) >= 11 is 0. The van der Waals surface area contributed by atoms with E-state index in [-0.39, 0.29) is 31.9 Å². The maximum absolute atomic E-state index is 5.14. The van der Waals surface area contributed by atoms with Crippen LogP contribution in [-0.2, 0) is 19.5 Å². The van der Waals surface area contributed by atoms with Crippen molar-refractivity contribution in [3.8, 4) is 17.2 Å². The van der Waals surface area contributed by atoms with Crippen LogP contribution in [0.2, 0.25) is 0 Å². The van der Waals surface area contributed by atoms with Gasteiger partial charge in [0.2, 0.25) is 0 Å². The van der Waals surface area contributed by atoms with Crippen molar-refractivity contribution in [3.63, 3.8) is 0 Å². The van der Waals surface area contributed by atoms with Crippen LogP contribution in [0.3, 0.4) is 0 Å². The minimum absolute atomic E-state index is 0. The second kappa shape index (κ2) is 7.66. The summed E-state index contributed by atoms with van der Waals surface area (Å²) in [5.41, 5.74) is 0.828. The van der Waals surface area contributed by atoms with Gasteiger partial charge in [-0.25, -0.2) is 0 Å². The van der Waals surface area contributed by atoms with Crippen LogP contribution in [0.4, 0.5) is 0 Å². The molecule has 80 valence electrons. The van der Waals surface area contributed by atoms with E-state index in [9.17, 15) is 0 Å². The summed E-state index contributed by atoms with van der Waals surface area (Å²) in [5, 5.41) is 0. The van der Waals surface area contributed by atoms with Crippen LogP contribution in [-0.4, -0.2) is 21.3 Å². The van der Waals surface area contributed by atoms with Crippen LogP contribution < -0.4 is 26.6 Å². The van der Waals surface area contributed by atoms with Gasteiger partial charge in [-0.2, -0.15) is 12.5 Å². The zero-order valence-corrected chi connectivity index (χ0v) is 12.9. The number of hydrogen-bond acceptors (Lipinski definition) is 3. The molecule has 0 heterocycles. The summed E-state index contributed by atoms with van der Waals surface area (Å²) in [6, 6.07) is 3.59. The Labute approximate surface area is 109 Å². The zero-order chi connectivity index (χ0) is 9.84. The molecule has 1 rings (SSSR count). The van der Waals surface area contributed by atoms with Gasteiger partial charge in [-0.3, -0.25) is 0 Å². The summed E-state index contributed by atoms with van der Waals surface area (Å²) in [5.74, 6) is 1.86.